The molecular weight excluding hydrogens is 522 g/mol. The van der Waals surface area contributed by atoms with E-state index in [1.807, 2.05) is 45.3 Å². The average molecular weight is 564 g/mol. The number of aryl methyl sites for hydroxylation is 1. The molecule has 216 valence electrons. The number of amides is 2. The molecule has 2 aromatic rings. The van der Waals surface area contributed by atoms with E-state index < -0.39 is 11.9 Å². The molecule has 0 aliphatic heterocycles. The van der Waals surface area contributed by atoms with Gasteiger partial charge in [-0.1, -0.05) is 42.7 Å². The number of methoxy groups -OCH3 is 3. The van der Waals surface area contributed by atoms with E-state index in [2.05, 4.69) is 15.5 Å². The summed E-state index contributed by atoms with van der Waals surface area (Å²) in [5.74, 6) is 0.355. The second kappa shape index (κ2) is 15.0. The smallest absolute Gasteiger partial charge is 0.252 e. The van der Waals surface area contributed by atoms with Crippen LogP contribution in [0.4, 0.5) is 0 Å². The van der Waals surface area contributed by atoms with Crippen LogP contribution in [0, 0.1) is 6.92 Å². The molecule has 0 heterocycles. The van der Waals surface area contributed by atoms with E-state index in [-0.39, 0.29) is 36.0 Å². The maximum atomic E-state index is 13.2. The van der Waals surface area contributed by atoms with Crippen molar-refractivity contribution in [2.75, 3.05) is 48.6 Å². The number of halogens is 1. The lowest BCUT2D eigenvalue weighted by Gasteiger charge is -2.36. The first-order chi connectivity index (χ1) is 18.2. The number of benzene rings is 2. The first-order valence-electron chi connectivity index (χ1n) is 12.9. The normalized spacial score (nSPS) is 14.7. The Labute approximate surface area is 237 Å². The summed E-state index contributed by atoms with van der Waals surface area (Å²) in [5, 5.41) is 5.83. The number of nitrogens with zero attached hydrogens (tertiary/aromatic N) is 1. The number of hydrogen-bond acceptors (Lipinski definition) is 7. The van der Waals surface area contributed by atoms with Gasteiger partial charge in [0.1, 0.15) is 12.6 Å². The van der Waals surface area contributed by atoms with Crippen molar-refractivity contribution in [1.29, 1.82) is 0 Å². The third-order valence-electron chi connectivity index (χ3n) is 7.26. The molecule has 2 N–H and O–H groups in total. The van der Waals surface area contributed by atoms with Crippen molar-refractivity contribution >= 4 is 24.2 Å². The predicted molar refractivity (Wildman–Crippen MR) is 153 cm³/mol. The molecule has 0 spiro atoms. The van der Waals surface area contributed by atoms with E-state index in [1.54, 1.807) is 12.1 Å². The summed E-state index contributed by atoms with van der Waals surface area (Å²) in [6.45, 7) is 2.89. The minimum Gasteiger partial charge on any atom is -0.493 e. The van der Waals surface area contributed by atoms with E-state index in [4.69, 9.17) is 18.9 Å². The van der Waals surface area contributed by atoms with E-state index in [1.165, 1.54) is 21.3 Å². The molecular formula is C29H42ClN3O6. The molecule has 0 bridgehead atoms. The van der Waals surface area contributed by atoms with Crippen LogP contribution in [-0.4, -0.2) is 76.9 Å². The number of likely N-dealkylation sites (N-methyl/N-ethyl adjacent to an activating group) is 1. The van der Waals surface area contributed by atoms with Crippen LogP contribution in [0.2, 0.25) is 0 Å². The first kappa shape index (κ1) is 32.2. The summed E-state index contributed by atoms with van der Waals surface area (Å²) in [4.78, 5) is 28.5. The number of rotatable bonds is 13. The molecule has 0 aromatic heterocycles. The molecule has 10 heteroatoms. The first-order valence-corrected chi connectivity index (χ1v) is 12.9. The molecule has 0 radical (unpaired) electrons. The molecule has 1 atom stereocenters. The lowest BCUT2D eigenvalue weighted by Crippen LogP contribution is -2.55. The lowest BCUT2D eigenvalue weighted by atomic mass is 9.96. The standard InChI is InChI=1S/C29H41N3O6.ClH/c1-20-9-11-21(12-10-20)17-38-26-24(36-5)15-22(16-25(26)37-6)27(33)31-23(18-35-4)28(34)30-19-29(32(2)3)13-7-8-14-29;/h9-12,15-16,23H,7-8,13-14,17-19H2,1-6H3,(H,30,34)(H,31,33);1H/t23-;/m0./s1. The minimum absolute atomic E-state index is 0. The number of ether oxygens (including phenoxy) is 4. The molecule has 2 amide bonds. The monoisotopic (exact) mass is 563 g/mol. The maximum Gasteiger partial charge on any atom is 0.252 e. The third-order valence-corrected chi connectivity index (χ3v) is 7.26. The zero-order valence-corrected chi connectivity index (χ0v) is 24.6. The molecule has 1 fully saturated rings. The van der Waals surface area contributed by atoms with Crippen LogP contribution in [0.25, 0.3) is 0 Å². The lowest BCUT2D eigenvalue weighted by molar-refractivity contribution is -0.124. The second-order valence-corrected chi connectivity index (χ2v) is 10.0. The molecule has 9 nitrogen and oxygen atoms in total. The van der Waals surface area contributed by atoms with E-state index in [0.717, 1.165) is 36.8 Å². The topological polar surface area (TPSA) is 98.4 Å². The Morgan fingerprint density at radius 1 is 1.00 bits per heavy atom. The Morgan fingerprint density at radius 2 is 1.59 bits per heavy atom. The Kier molecular flexibility index (Phi) is 12.3. The van der Waals surface area contributed by atoms with Crippen LogP contribution in [0.3, 0.4) is 0 Å². The Hall–Kier alpha value is -3.01. The van der Waals surface area contributed by atoms with Crippen LogP contribution < -0.4 is 24.8 Å². The van der Waals surface area contributed by atoms with Gasteiger partial charge in [-0.3, -0.25) is 9.59 Å². The molecule has 3 rings (SSSR count). The summed E-state index contributed by atoms with van der Waals surface area (Å²) in [6.07, 6.45) is 4.33. The van der Waals surface area contributed by atoms with Gasteiger partial charge in [0.15, 0.2) is 11.5 Å². The summed E-state index contributed by atoms with van der Waals surface area (Å²) in [7, 11) is 8.58. The number of hydrogen-bond donors (Lipinski definition) is 2. The van der Waals surface area contributed by atoms with Gasteiger partial charge in [-0.05, 0) is 51.6 Å². The molecule has 0 saturated heterocycles. The largest absolute Gasteiger partial charge is 0.493 e. The van der Waals surface area contributed by atoms with Gasteiger partial charge in [0.2, 0.25) is 11.7 Å². The molecule has 1 saturated carbocycles. The average Bonchev–Trinajstić information content (AvgIpc) is 3.41. The van der Waals surface area contributed by atoms with E-state index in [9.17, 15) is 9.59 Å². The van der Waals surface area contributed by atoms with Gasteiger partial charge in [-0.25, -0.2) is 0 Å². The van der Waals surface area contributed by atoms with Crippen molar-refractivity contribution in [3.8, 4) is 17.2 Å². The zero-order chi connectivity index (χ0) is 27.7. The van der Waals surface area contributed by atoms with Crippen LogP contribution in [-0.2, 0) is 16.1 Å². The van der Waals surface area contributed by atoms with Crippen molar-refractivity contribution in [2.45, 2.75) is 50.8 Å². The zero-order valence-electron chi connectivity index (χ0n) is 23.8. The van der Waals surface area contributed by atoms with Crippen molar-refractivity contribution in [2.24, 2.45) is 0 Å². The minimum atomic E-state index is -0.859. The van der Waals surface area contributed by atoms with Gasteiger partial charge in [0, 0.05) is 24.8 Å². The summed E-state index contributed by atoms with van der Waals surface area (Å²) in [6, 6.07) is 10.3. The van der Waals surface area contributed by atoms with Crippen molar-refractivity contribution in [3.63, 3.8) is 0 Å². The van der Waals surface area contributed by atoms with Crippen LogP contribution in [0.1, 0.15) is 47.2 Å². The van der Waals surface area contributed by atoms with E-state index >= 15 is 0 Å². The SMILES string of the molecule is COC[C@H](NC(=O)c1cc(OC)c(OCc2ccc(C)cc2)c(OC)c1)C(=O)NCC1(N(C)C)CCCC1.Cl. The molecule has 39 heavy (non-hydrogen) atoms. The molecule has 1 aliphatic carbocycles. The molecule has 1 aliphatic rings. The van der Waals surface area contributed by atoms with Crippen molar-refractivity contribution < 1.29 is 28.5 Å². The summed E-state index contributed by atoms with van der Waals surface area (Å²) >= 11 is 0. The summed E-state index contributed by atoms with van der Waals surface area (Å²) in [5.41, 5.74) is 2.36. The number of carbonyl (C=O) groups is 2. The van der Waals surface area contributed by atoms with Crippen LogP contribution in [0.5, 0.6) is 17.2 Å². The highest BCUT2D eigenvalue weighted by atomic mass is 35.5. The van der Waals surface area contributed by atoms with Gasteiger partial charge in [-0.2, -0.15) is 0 Å². The van der Waals surface area contributed by atoms with Gasteiger partial charge >= 0.3 is 0 Å². The van der Waals surface area contributed by atoms with Gasteiger partial charge in [-0.15, -0.1) is 12.4 Å². The Morgan fingerprint density at radius 3 is 2.10 bits per heavy atom. The van der Waals surface area contributed by atoms with Gasteiger partial charge in [0.05, 0.1) is 20.8 Å². The third kappa shape index (κ3) is 8.24. The van der Waals surface area contributed by atoms with Gasteiger partial charge in [0.25, 0.3) is 5.91 Å². The van der Waals surface area contributed by atoms with Crippen LogP contribution >= 0.6 is 12.4 Å². The fourth-order valence-corrected chi connectivity index (χ4v) is 4.77. The predicted octanol–water partition coefficient (Wildman–Crippen LogP) is 3.75. The highest BCUT2D eigenvalue weighted by molar-refractivity contribution is 5.98. The maximum absolute atomic E-state index is 13.2. The molecule has 2 aromatic carbocycles. The van der Waals surface area contributed by atoms with Gasteiger partial charge < -0.3 is 34.5 Å². The fourth-order valence-electron chi connectivity index (χ4n) is 4.77. The van der Waals surface area contributed by atoms with Crippen molar-refractivity contribution in [1.82, 2.24) is 15.5 Å². The van der Waals surface area contributed by atoms with Crippen LogP contribution in [0.15, 0.2) is 36.4 Å². The fraction of sp³-hybridized carbons (Fsp3) is 0.517. The van der Waals surface area contributed by atoms with E-state index in [0.29, 0.717) is 30.4 Å². The number of carbonyl (C=O) groups excluding carboxylic acids is 2. The second-order valence-electron chi connectivity index (χ2n) is 10.0. The van der Waals surface area contributed by atoms with Crippen molar-refractivity contribution in [3.05, 3.63) is 53.1 Å². The molecule has 0 unspecified atom stereocenters. The summed E-state index contributed by atoms with van der Waals surface area (Å²) < 4.78 is 22.3. The quantitative estimate of drug-likeness (QED) is 0.383. The Balaban J connectivity index is 0.00000533. The highest BCUT2D eigenvalue weighted by Crippen LogP contribution is 2.39. The number of nitrogens with one attached hydrogen (secondary N) is 2. The highest BCUT2D eigenvalue weighted by Gasteiger charge is 2.37. The Bertz CT molecular complexity index is 1060.